The van der Waals surface area contributed by atoms with Gasteiger partial charge in [0.2, 0.25) is 5.91 Å². The summed E-state index contributed by atoms with van der Waals surface area (Å²) in [5, 5.41) is 3.90. The second kappa shape index (κ2) is 9.62. The Bertz CT molecular complexity index is 998. The first-order chi connectivity index (χ1) is 13.6. The highest BCUT2D eigenvalue weighted by molar-refractivity contribution is 6.36. The summed E-state index contributed by atoms with van der Waals surface area (Å²) in [6.07, 6.45) is 8.39. The number of nitrogens with one attached hydrogen (secondary N) is 1. The molecular formula is C21H21Cl2N3O2. The average molecular weight is 418 g/mol. The molecule has 1 amide bonds. The normalized spacial score (nSPS) is 11.2. The van der Waals surface area contributed by atoms with Gasteiger partial charge in [-0.3, -0.25) is 4.79 Å². The summed E-state index contributed by atoms with van der Waals surface area (Å²) in [6, 6.07) is 9.30. The number of halogens is 2. The standard InChI is InChI=1S/C21H21Cl2N3O2/c1-2-11-28-19-6-4-3-5-15(19)7-8-20(27)24-10-9-17-14-26-13-16(22)12-18(23)21(26)25-17/h3-8,12-14H,2,9-11H2,1H3,(H,24,27)/b8-7+. The molecule has 2 heterocycles. The third kappa shape index (κ3) is 5.27. The number of benzene rings is 1. The summed E-state index contributed by atoms with van der Waals surface area (Å²) in [5.74, 6) is 0.601. The molecule has 0 aliphatic heterocycles. The smallest absolute Gasteiger partial charge is 0.244 e. The van der Waals surface area contributed by atoms with Crippen molar-refractivity contribution in [2.45, 2.75) is 19.8 Å². The van der Waals surface area contributed by atoms with E-state index in [0.29, 0.717) is 35.3 Å². The highest BCUT2D eigenvalue weighted by Crippen LogP contribution is 2.22. The van der Waals surface area contributed by atoms with Crippen LogP contribution in [0.2, 0.25) is 10.0 Å². The molecule has 0 aliphatic rings. The molecule has 0 aliphatic carbocycles. The van der Waals surface area contributed by atoms with Crippen LogP contribution < -0.4 is 10.1 Å². The lowest BCUT2D eigenvalue weighted by Gasteiger charge is -2.07. The SMILES string of the molecule is CCCOc1ccccc1/C=C/C(=O)NCCc1cn2cc(Cl)cc(Cl)c2n1. The number of hydrogen-bond acceptors (Lipinski definition) is 3. The number of aromatic nitrogens is 2. The van der Waals surface area contributed by atoms with Gasteiger partial charge in [-0.1, -0.05) is 48.3 Å². The molecule has 7 heteroatoms. The van der Waals surface area contributed by atoms with E-state index in [1.807, 2.05) is 30.5 Å². The summed E-state index contributed by atoms with van der Waals surface area (Å²) in [5.41, 5.74) is 2.35. The minimum Gasteiger partial charge on any atom is -0.493 e. The zero-order chi connectivity index (χ0) is 19.9. The first-order valence-electron chi connectivity index (χ1n) is 9.07. The Balaban J connectivity index is 1.55. The van der Waals surface area contributed by atoms with Gasteiger partial charge >= 0.3 is 0 Å². The zero-order valence-electron chi connectivity index (χ0n) is 15.5. The molecule has 0 atom stereocenters. The summed E-state index contributed by atoms with van der Waals surface area (Å²) in [6.45, 7) is 3.16. The van der Waals surface area contributed by atoms with Gasteiger partial charge in [-0.15, -0.1) is 0 Å². The maximum absolute atomic E-state index is 12.1. The number of fused-ring (bicyclic) bond motifs is 1. The minimum absolute atomic E-state index is 0.171. The predicted octanol–water partition coefficient (Wildman–Crippen LogP) is 4.80. The maximum atomic E-state index is 12.1. The fourth-order valence-corrected chi connectivity index (χ4v) is 3.22. The minimum atomic E-state index is -0.171. The molecule has 28 heavy (non-hydrogen) atoms. The molecule has 0 fully saturated rings. The molecule has 0 unspecified atom stereocenters. The predicted molar refractivity (Wildman–Crippen MR) is 113 cm³/mol. The summed E-state index contributed by atoms with van der Waals surface area (Å²) in [4.78, 5) is 16.6. The lowest BCUT2D eigenvalue weighted by Crippen LogP contribution is -2.23. The van der Waals surface area contributed by atoms with Gasteiger partial charge in [0.25, 0.3) is 0 Å². The van der Waals surface area contributed by atoms with E-state index in [2.05, 4.69) is 17.2 Å². The summed E-state index contributed by atoms with van der Waals surface area (Å²) >= 11 is 12.1. The monoisotopic (exact) mass is 417 g/mol. The third-order valence-corrected chi connectivity index (χ3v) is 4.48. The maximum Gasteiger partial charge on any atom is 0.244 e. The van der Waals surface area contributed by atoms with Gasteiger partial charge in [0.15, 0.2) is 5.65 Å². The van der Waals surface area contributed by atoms with Crippen LogP contribution in [0.3, 0.4) is 0 Å². The van der Waals surface area contributed by atoms with Gasteiger partial charge in [-0.2, -0.15) is 0 Å². The molecule has 0 saturated carbocycles. The van der Waals surface area contributed by atoms with Crippen molar-refractivity contribution in [1.82, 2.24) is 14.7 Å². The number of pyridine rings is 1. The summed E-state index contributed by atoms with van der Waals surface area (Å²) < 4.78 is 7.48. The molecular weight excluding hydrogens is 397 g/mol. The molecule has 1 N–H and O–H groups in total. The number of ether oxygens (including phenoxy) is 1. The fraction of sp³-hybridized carbons (Fsp3) is 0.238. The molecule has 0 saturated heterocycles. The molecule has 0 bridgehead atoms. The van der Waals surface area contributed by atoms with Crippen LogP contribution in [0.25, 0.3) is 11.7 Å². The van der Waals surface area contributed by atoms with Gasteiger partial charge in [0.1, 0.15) is 5.75 Å². The Morgan fingerprint density at radius 3 is 2.93 bits per heavy atom. The number of imidazole rings is 1. The Labute approximate surface area is 173 Å². The first-order valence-corrected chi connectivity index (χ1v) is 9.82. The largest absolute Gasteiger partial charge is 0.493 e. The number of rotatable bonds is 8. The highest BCUT2D eigenvalue weighted by atomic mass is 35.5. The van der Waals surface area contributed by atoms with Crippen molar-refractivity contribution < 1.29 is 9.53 Å². The van der Waals surface area contributed by atoms with Gasteiger partial charge in [0, 0.05) is 37.0 Å². The second-order valence-electron chi connectivity index (χ2n) is 6.23. The molecule has 3 aromatic rings. The number of carbonyl (C=O) groups excluding carboxylic acids is 1. The van der Waals surface area contributed by atoms with Crippen LogP contribution in [0.4, 0.5) is 0 Å². The number of hydrogen-bond donors (Lipinski definition) is 1. The van der Waals surface area contributed by atoms with E-state index in [-0.39, 0.29) is 5.91 Å². The van der Waals surface area contributed by atoms with Crippen LogP contribution in [0, 0.1) is 0 Å². The zero-order valence-corrected chi connectivity index (χ0v) is 17.0. The van der Waals surface area contributed by atoms with Crippen LogP contribution in [-0.2, 0) is 11.2 Å². The van der Waals surface area contributed by atoms with Crippen LogP contribution >= 0.6 is 23.2 Å². The number of amides is 1. The van der Waals surface area contributed by atoms with E-state index in [1.54, 1.807) is 22.7 Å². The van der Waals surface area contributed by atoms with Crippen LogP contribution in [-0.4, -0.2) is 28.4 Å². The molecule has 0 spiro atoms. The van der Waals surface area contributed by atoms with Crippen molar-refractivity contribution >= 4 is 40.8 Å². The third-order valence-electron chi connectivity index (χ3n) is 4.00. The Hall–Kier alpha value is -2.50. The van der Waals surface area contributed by atoms with E-state index in [0.717, 1.165) is 23.4 Å². The Morgan fingerprint density at radius 1 is 1.29 bits per heavy atom. The lowest BCUT2D eigenvalue weighted by molar-refractivity contribution is -0.116. The van der Waals surface area contributed by atoms with Crippen LogP contribution in [0.15, 0.2) is 48.8 Å². The van der Waals surface area contributed by atoms with Gasteiger partial charge < -0.3 is 14.5 Å². The Morgan fingerprint density at radius 2 is 2.11 bits per heavy atom. The molecule has 0 radical (unpaired) electrons. The second-order valence-corrected chi connectivity index (χ2v) is 7.07. The number of para-hydroxylation sites is 1. The van der Waals surface area contributed by atoms with Crippen molar-refractivity contribution in [3.05, 3.63) is 70.1 Å². The molecule has 1 aromatic carbocycles. The first kappa shape index (κ1) is 20.2. The number of nitrogens with zero attached hydrogens (tertiary/aromatic N) is 2. The quantitative estimate of drug-likeness (QED) is 0.535. The molecule has 2 aromatic heterocycles. The van der Waals surface area contributed by atoms with Gasteiger partial charge in [-0.25, -0.2) is 4.98 Å². The van der Waals surface area contributed by atoms with Crippen LogP contribution in [0.5, 0.6) is 5.75 Å². The van der Waals surface area contributed by atoms with Crippen LogP contribution in [0.1, 0.15) is 24.6 Å². The van der Waals surface area contributed by atoms with Crippen molar-refractivity contribution in [3.63, 3.8) is 0 Å². The molecule has 3 rings (SSSR count). The number of carbonyl (C=O) groups is 1. The van der Waals surface area contributed by atoms with Gasteiger partial charge in [-0.05, 0) is 24.6 Å². The molecule has 5 nitrogen and oxygen atoms in total. The van der Waals surface area contributed by atoms with Crippen molar-refractivity contribution in [2.75, 3.05) is 13.2 Å². The van der Waals surface area contributed by atoms with E-state index < -0.39 is 0 Å². The fourth-order valence-electron chi connectivity index (χ4n) is 2.70. The summed E-state index contributed by atoms with van der Waals surface area (Å²) in [7, 11) is 0. The average Bonchev–Trinajstić information content (AvgIpc) is 3.08. The Kier molecular flexibility index (Phi) is 6.95. The van der Waals surface area contributed by atoms with Crippen molar-refractivity contribution in [2.24, 2.45) is 0 Å². The van der Waals surface area contributed by atoms with E-state index in [1.165, 1.54) is 6.08 Å². The van der Waals surface area contributed by atoms with E-state index >= 15 is 0 Å². The van der Waals surface area contributed by atoms with Gasteiger partial charge in [0.05, 0.1) is 22.3 Å². The van der Waals surface area contributed by atoms with Crippen molar-refractivity contribution in [3.8, 4) is 5.75 Å². The van der Waals surface area contributed by atoms with Crippen molar-refractivity contribution in [1.29, 1.82) is 0 Å². The van der Waals surface area contributed by atoms with E-state index in [4.69, 9.17) is 27.9 Å². The highest BCUT2D eigenvalue weighted by Gasteiger charge is 2.07. The molecule has 146 valence electrons. The van der Waals surface area contributed by atoms with E-state index in [9.17, 15) is 4.79 Å². The topological polar surface area (TPSA) is 55.6 Å². The lowest BCUT2D eigenvalue weighted by atomic mass is 10.2.